The first-order valence-electron chi connectivity index (χ1n) is 8.14. The standard InChI is InChI=1S/C15H28N6/c1-4-12(11-16)20-7-9-21(10-8-20)15-17-13(5-2)14(6-3)18-19-15/h12H,4-11,16H2,1-3H3. The van der Waals surface area contributed by atoms with Crippen molar-refractivity contribution < 1.29 is 0 Å². The lowest BCUT2D eigenvalue weighted by molar-refractivity contribution is 0.183. The summed E-state index contributed by atoms with van der Waals surface area (Å²) in [6.45, 7) is 11.1. The van der Waals surface area contributed by atoms with Gasteiger partial charge in [0, 0.05) is 38.8 Å². The normalized spacial score (nSPS) is 18.0. The van der Waals surface area contributed by atoms with Gasteiger partial charge in [-0.1, -0.05) is 20.8 Å². The van der Waals surface area contributed by atoms with Crippen molar-refractivity contribution in [2.75, 3.05) is 37.6 Å². The second kappa shape index (κ2) is 7.66. The largest absolute Gasteiger partial charge is 0.337 e. The SMILES string of the molecule is CCc1nnc(N2CCN(C(CC)CN)CC2)nc1CC. The Balaban J connectivity index is 2.02. The number of anilines is 1. The first-order chi connectivity index (χ1) is 10.2. The lowest BCUT2D eigenvalue weighted by atomic mass is 10.1. The maximum atomic E-state index is 5.84. The van der Waals surface area contributed by atoms with Crippen molar-refractivity contribution in [1.82, 2.24) is 20.1 Å². The van der Waals surface area contributed by atoms with Crippen molar-refractivity contribution in [1.29, 1.82) is 0 Å². The summed E-state index contributed by atoms with van der Waals surface area (Å²) < 4.78 is 0. The monoisotopic (exact) mass is 292 g/mol. The molecule has 1 aliphatic heterocycles. The van der Waals surface area contributed by atoms with Crippen LogP contribution in [-0.4, -0.2) is 58.8 Å². The second-order valence-corrected chi connectivity index (χ2v) is 5.53. The van der Waals surface area contributed by atoms with E-state index in [2.05, 4.69) is 40.8 Å². The molecule has 0 bridgehead atoms. The van der Waals surface area contributed by atoms with Gasteiger partial charge in [-0.3, -0.25) is 4.90 Å². The van der Waals surface area contributed by atoms with Crippen LogP contribution < -0.4 is 10.6 Å². The van der Waals surface area contributed by atoms with E-state index >= 15 is 0 Å². The fraction of sp³-hybridized carbons (Fsp3) is 0.800. The Bertz CT molecular complexity index is 438. The van der Waals surface area contributed by atoms with E-state index in [-0.39, 0.29) is 0 Å². The Hall–Kier alpha value is -1.27. The Morgan fingerprint density at radius 2 is 1.67 bits per heavy atom. The highest BCUT2D eigenvalue weighted by Crippen LogP contribution is 2.15. The van der Waals surface area contributed by atoms with Gasteiger partial charge in [0.1, 0.15) is 0 Å². The van der Waals surface area contributed by atoms with Gasteiger partial charge in [-0.15, -0.1) is 5.10 Å². The van der Waals surface area contributed by atoms with Crippen molar-refractivity contribution in [3.05, 3.63) is 11.4 Å². The van der Waals surface area contributed by atoms with Gasteiger partial charge in [0.15, 0.2) is 0 Å². The molecule has 0 aromatic carbocycles. The number of aromatic nitrogens is 3. The molecule has 1 aliphatic rings. The zero-order valence-electron chi connectivity index (χ0n) is 13.5. The lowest BCUT2D eigenvalue weighted by Gasteiger charge is -2.38. The van der Waals surface area contributed by atoms with Gasteiger partial charge in [-0.25, -0.2) is 4.98 Å². The van der Waals surface area contributed by atoms with Crippen LogP contribution in [0.5, 0.6) is 0 Å². The van der Waals surface area contributed by atoms with Gasteiger partial charge in [0.05, 0.1) is 11.4 Å². The van der Waals surface area contributed by atoms with E-state index in [0.29, 0.717) is 6.04 Å². The molecule has 0 amide bonds. The summed E-state index contributed by atoms with van der Waals surface area (Å²) in [6.07, 6.45) is 2.92. The van der Waals surface area contributed by atoms with E-state index in [1.165, 1.54) is 0 Å². The van der Waals surface area contributed by atoms with Crippen LogP contribution in [0.4, 0.5) is 5.95 Å². The molecule has 1 aromatic rings. The van der Waals surface area contributed by atoms with Crippen LogP contribution >= 0.6 is 0 Å². The molecule has 21 heavy (non-hydrogen) atoms. The summed E-state index contributed by atoms with van der Waals surface area (Å²) in [5, 5.41) is 8.66. The molecule has 0 radical (unpaired) electrons. The molecule has 1 atom stereocenters. The molecule has 0 aliphatic carbocycles. The smallest absolute Gasteiger partial charge is 0.245 e. The fourth-order valence-corrected chi connectivity index (χ4v) is 2.92. The zero-order valence-corrected chi connectivity index (χ0v) is 13.5. The van der Waals surface area contributed by atoms with Crippen LogP contribution in [0.2, 0.25) is 0 Å². The van der Waals surface area contributed by atoms with Gasteiger partial charge < -0.3 is 10.6 Å². The highest BCUT2D eigenvalue weighted by molar-refractivity contribution is 5.31. The molecule has 1 fully saturated rings. The molecule has 6 heteroatoms. The van der Waals surface area contributed by atoms with Crippen LogP contribution in [0, 0.1) is 0 Å². The molecule has 2 N–H and O–H groups in total. The minimum absolute atomic E-state index is 0.500. The van der Waals surface area contributed by atoms with Gasteiger partial charge >= 0.3 is 0 Å². The van der Waals surface area contributed by atoms with Crippen LogP contribution in [0.3, 0.4) is 0 Å². The number of hydrogen-bond donors (Lipinski definition) is 1. The number of aryl methyl sites for hydroxylation is 2. The molecule has 118 valence electrons. The molecule has 2 heterocycles. The van der Waals surface area contributed by atoms with E-state index in [0.717, 1.165) is 69.3 Å². The molecule has 1 aromatic heterocycles. The summed E-state index contributed by atoms with van der Waals surface area (Å²) >= 11 is 0. The highest BCUT2D eigenvalue weighted by atomic mass is 15.4. The first-order valence-corrected chi connectivity index (χ1v) is 8.14. The van der Waals surface area contributed by atoms with E-state index in [9.17, 15) is 0 Å². The molecule has 2 rings (SSSR count). The van der Waals surface area contributed by atoms with Gasteiger partial charge in [0.25, 0.3) is 0 Å². The molecular weight excluding hydrogens is 264 g/mol. The lowest BCUT2D eigenvalue weighted by Crippen LogP contribution is -2.52. The van der Waals surface area contributed by atoms with E-state index < -0.39 is 0 Å². The molecule has 1 saturated heterocycles. The zero-order chi connectivity index (χ0) is 15.2. The fourth-order valence-electron chi connectivity index (χ4n) is 2.92. The number of nitrogens with two attached hydrogens (primary N) is 1. The van der Waals surface area contributed by atoms with Gasteiger partial charge in [-0.05, 0) is 19.3 Å². The van der Waals surface area contributed by atoms with Crippen molar-refractivity contribution >= 4 is 5.95 Å². The van der Waals surface area contributed by atoms with E-state index in [4.69, 9.17) is 10.7 Å². The third-order valence-electron chi connectivity index (χ3n) is 4.35. The van der Waals surface area contributed by atoms with Crippen molar-refractivity contribution in [2.45, 2.75) is 46.1 Å². The summed E-state index contributed by atoms with van der Waals surface area (Å²) in [5.74, 6) is 0.782. The molecule has 6 nitrogen and oxygen atoms in total. The van der Waals surface area contributed by atoms with Crippen molar-refractivity contribution in [3.63, 3.8) is 0 Å². The third kappa shape index (κ3) is 3.68. The first kappa shape index (κ1) is 16.1. The molecular formula is C15H28N6. The van der Waals surface area contributed by atoms with Gasteiger partial charge in [0.2, 0.25) is 5.95 Å². The average Bonchev–Trinajstić information content (AvgIpc) is 2.56. The summed E-state index contributed by atoms with van der Waals surface area (Å²) in [7, 11) is 0. The Kier molecular flexibility index (Phi) is 5.87. The maximum absolute atomic E-state index is 5.84. The summed E-state index contributed by atoms with van der Waals surface area (Å²) in [4.78, 5) is 9.42. The maximum Gasteiger partial charge on any atom is 0.245 e. The number of hydrogen-bond acceptors (Lipinski definition) is 6. The quantitative estimate of drug-likeness (QED) is 0.838. The predicted octanol–water partition coefficient (Wildman–Crippen LogP) is 0.856. The molecule has 0 spiro atoms. The van der Waals surface area contributed by atoms with Crippen molar-refractivity contribution in [3.8, 4) is 0 Å². The Morgan fingerprint density at radius 1 is 1.00 bits per heavy atom. The molecule has 0 saturated carbocycles. The third-order valence-corrected chi connectivity index (χ3v) is 4.35. The van der Waals surface area contributed by atoms with E-state index in [1.807, 2.05) is 0 Å². The minimum Gasteiger partial charge on any atom is -0.337 e. The molecule has 1 unspecified atom stereocenters. The topological polar surface area (TPSA) is 71.2 Å². The number of rotatable bonds is 6. The highest BCUT2D eigenvalue weighted by Gasteiger charge is 2.23. The van der Waals surface area contributed by atoms with Gasteiger partial charge in [-0.2, -0.15) is 5.10 Å². The summed E-state index contributed by atoms with van der Waals surface area (Å²) in [6, 6.07) is 0.500. The van der Waals surface area contributed by atoms with Crippen molar-refractivity contribution in [2.24, 2.45) is 5.73 Å². The Morgan fingerprint density at radius 3 is 2.19 bits per heavy atom. The van der Waals surface area contributed by atoms with E-state index in [1.54, 1.807) is 0 Å². The Labute approximate surface area is 127 Å². The van der Waals surface area contributed by atoms with Crippen LogP contribution in [0.1, 0.15) is 38.6 Å². The number of nitrogens with zero attached hydrogens (tertiary/aromatic N) is 5. The second-order valence-electron chi connectivity index (χ2n) is 5.53. The van der Waals surface area contributed by atoms with Crippen LogP contribution in [0.15, 0.2) is 0 Å². The summed E-state index contributed by atoms with van der Waals surface area (Å²) in [5.41, 5.74) is 7.94. The predicted molar refractivity (Wildman–Crippen MR) is 85.5 cm³/mol. The van der Waals surface area contributed by atoms with Crippen LogP contribution in [0.25, 0.3) is 0 Å². The number of piperazine rings is 1. The van der Waals surface area contributed by atoms with Crippen LogP contribution in [-0.2, 0) is 12.8 Å². The average molecular weight is 292 g/mol. The minimum atomic E-state index is 0.500.